The van der Waals surface area contributed by atoms with E-state index < -0.39 is 6.09 Å². The lowest BCUT2D eigenvalue weighted by molar-refractivity contribution is -0.113. The molecule has 4 rings (SSSR count). The molecule has 7 heteroatoms. The van der Waals surface area contributed by atoms with Gasteiger partial charge in [-0.3, -0.25) is 4.79 Å². The first kappa shape index (κ1) is 20.9. The van der Waals surface area contributed by atoms with Crippen molar-refractivity contribution in [1.29, 1.82) is 0 Å². The van der Waals surface area contributed by atoms with Crippen LogP contribution in [0.5, 0.6) is 0 Å². The highest BCUT2D eigenvalue weighted by Gasteiger charge is 2.22. The third kappa shape index (κ3) is 4.87. The number of rotatable bonds is 4. The number of carboxylic acid groups (broad SMARTS) is 1. The first-order chi connectivity index (χ1) is 15.0. The van der Waals surface area contributed by atoms with Crippen LogP contribution in [-0.2, 0) is 4.79 Å². The second kappa shape index (κ2) is 9.20. The highest BCUT2D eigenvalue weighted by atomic mass is 16.4. The van der Waals surface area contributed by atoms with Crippen LogP contribution in [0.15, 0.2) is 48.2 Å². The Bertz CT molecular complexity index is 975. The van der Waals surface area contributed by atoms with Gasteiger partial charge >= 0.3 is 6.09 Å². The summed E-state index contributed by atoms with van der Waals surface area (Å²) in [5, 5.41) is 12.1. The SMILES string of the molecule is Cc1ccc(C2=C(C(=O)Nc3ccc(N4CCN(C(=O)O)CC4)nc3)CCCC2)cc1. The molecule has 31 heavy (non-hydrogen) atoms. The van der Waals surface area contributed by atoms with Crippen LogP contribution in [0.4, 0.5) is 16.3 Å². The zero-order chi connectivity index (χ0) is 21.8. The van der Waals surface area contributed by atoms with E-state index in [1.807, 2.05) is 12.1 Å². The maximum absolute atomic E-state index is 13.0. The Balaban J connectivity index is 1.44. The molecule has 162 valence electrons. The van der Waals surface area contributed by atoms with Crippen LogP contribution in [0.25, 0.3) is 5.57 Å². The summed E-state index contributed by atoms with van der Waals surface area (Å²) in [6, 6.07) is 12.1. The van der Waals surface area contributed by atoms with Gasteiger partial charge in [0.2, 0.25) is 0 Å². The normalized spacial score (nSPS) is 16.9. The van der Waals surface area contributed by atoms with Gasteiger partial charge in [-0.15, -0.1) is 0 Å². The van der Waals surface area contributed by atoms with Crippen molar-refractivity contribution in [1.82, 2.24) is 9.88 Å². The van der Waals surface area contributed by atoms with Crippen molar-refractivity contribution < 1.29 is 14.7 Å². The fraction of sp³-hybridized carbons (Fsp3) is 0.375. The Morgan fingerprint density at radius 1 is 0.968 bits per heavy atom. The number of nitrogens with one attached hydrogen (secondary N) is 1. The van der Waals surface area contributed by atoms with Crippen molar-refractivity contribution in [2.24, 2.45) is 0 Å². The number of amides is 2. The first-order valence-corrected chi connectivity index (χ1v) is 10.8. The van der Waals surface area contributed by atoms with Crippen LogP contribution in [0, 0.1) is 6.92 Å². The number of allylic oxidation sites excluding steroid dienone is 1. The lowest BCUT2D eigenvalue weighted by atomic mass is 9.86. The summed E-state index contributed by atoms with van der Waals surface area (Å²) < 4.78 is 0. The number of nitrogens with zero attached hydrogens (tertiary/aromatic N) is 3. The Morgan fingerprint density at radius 3 is 2.32 bits per heavy atom. The van der Waals surface area contributed by atoms with Crippen molar-refractivity contribution in [2.75, 3.05) is 36.4 Å². The minimum Gasteiger partial charge on any atom is -0.465 e. The molecule has 2 aliphatic rings. The van der Waals surface area contributed by atoms with E-state index in [0.29, 0.717) is 31.9 Å². The second-order valence-electron chi connectivity index (χ2n) is 8.15. The molecule has 2 N–H and O–H groups in total. The minimum absolute atomic E-state index is 0.0557. The fourth-order valence-corrected chi connectivity index (χ4v) is 4.21. The predicted molar refractivity (Wildman–Crippen MR) is 121 cm³/mol. The van der Waals surface area contributed by atoms with Gasteiger partial charge in [0.05, 0.1) is 11.9 Å². The van der Waals surface area contributed by atoms with E-state index in [0.717, 1.165) is 48.2 Å². The van der Waals surface area contributed by atoms with E-state index in [2.05, 4.69) is 46.4 Å². The molecule has 7 nitrogen and oxygen atoms in total. The highest BCUT2D eigenvalue weighted by molar-refractivity contribution is 6.09. The van der Waals surface area contributed by atoms with Crippen molar-refractivity contribution in [2.45, 2.75) is 32.6 Å². The van der Waals surface area contributed by atoms with Crippen LogP contribution >= 0.6 is 0 Å². The number of carbonyl (C=O) groups excluding carboxylic acids is 1. The maximum Gasteiger partial charge on any atom is 0.407 e. The van der Waals surface area contributed by atoms with Crippen LogP contribution in [0.1, 0.15) is 36.8 Å². The van der Waals surface area contributed by atoms with Gasteiger partial charge in [0, 0.05) is 31.8 Å². The molecule has 0 unspecified atom stereocenters. The summed E-state index contributed by atoms with van der Waals surface area (Å²) in [5.41, 5.74) is 5.01. The van der Waals surface area contributed by atoms with Gasteiger partial charge in [0.15, 0.2) is 0 Å². The van der Waals surface area contributed by atoms with E-state index in [1.54, 1.807) is 6.20 Å². The van der Waals surface area contributed by atoms with Crippen LogP contribution in [0.3, 0.4) is 0 Å². The van der Waals surface area contributed by atoms with Crippen LogP contribution in [-0.4, -0.2) is 53.2 Å². The van der Waals surface area contributed by atoms with Crippen LogP contribution in [0.2, 0.25) is 0 Å². The molecule has 2 heterocycles. The number of aryl methyl sites for hydroxylation is 1. The molecule has 0 spiro atoms. The summed E-state index contributed by atoms with van der Waals surface area (Å²) >= 11 is 0. The van der Waals surface area contributed by atoms with Gasteiger partial charge in [0.25, 0.3) is 5.91 Å². The molecule has 1 fully saturated rings. The monoisotopic (exact) mass is 420 g/mol. The third-order valence-electron chi connectivity index (χ3n) is 6.02. The quantitative estimate of drug-likeness (QED) is 0.776. The molecule has 1 aliphatic carbocycles. The van der Waals surface area contributed by atoms with E-state index in [-0.39, 0.29) is 5.91 Å². The van der Waals surface area contributed by atoms with Crippen molar-refractivity contribution in [3.05, 3.63) is 59.3 Å². The number of hydrogen-bond donors (Lipinski definition) is 2. The summed E-state index contributed by atoms with van der Waals surface area (Å²) in [7, 11) is 0. The molecular weight excluding hydrogens is 392 g/mol. The van der Waals surface area contributed by atoms with Crippen LogP contribution < -0.4 is 10.2 Å². The Morgan fingerprint density at radius 2 is 1.68 bits per heavy atom. The number of benzene rings is 1. The summed E-state index contributed by atoms with van der Waals surface area (Å²) in [6.07, 6.45) is 4.63. The molecule has 2 amide bonds. The first-order valence-electron chi connectivity index (χ1n) is 10.8. The molecule has 1 aliphatic heterocycles. The molecule has 1 aromatic heterocycles. The zero-order valence-electron chi connectivity index (χ0n) is 17.8. The highest BCUT2D eigenvalue weighted by Crippen LogP contribution is 2.33. The Hall–Kier alpha value is -3.35. The van der Waals surface area contributed by atoms with Gasteiger partial charge in [-0.25, -0.2) is 9.78 Å². The Kier molecular flexibility index (Phi) is 6.21. The van der Waals surface area contributed by atoms with E-state index in [1.165, 1.54) is 10.5 Å². The maximum atomic E-state index is 13.0. The van der Waals surface area contributed by atoms with Crippen molar-refractivity contribution in [3.63, 3.8) is 0 Å². The van der Waals surface area contributed by atoms with Crippen molar-refractivity contribution >= 4 is 29.1 Å². The summed E-state index contributed by atoms with van der Waals surface area (Å²) in [6.45, 7) is 4.21. The lowest BCUT2D eigenvalue weighted by Crippen LogP contribution is -2.48. The minimum atomic E-state index is -0.882. The molecule has 1 saturated heterocycles. The Labute approximate surface area is 182 Å². The largest absolute Gasteiger partial charge is 0.465 e. The molecule has 1 aromatic carbocycles. The topological polar surface area (TPSA) is 85.8 Å². The van der Waals surface area contributed by atoms with Crippen molar-refractivity contribution in [3.8, 4) is 0 Å². The number of aromatic nitrogens is 1. The zero-order valence-corrected chi connectivity index (χ0v) is 17.8. The smallest absolute Gasteiger partial charge is 0.407 e. The molecule has 0 saturated carbocycles. The number of piperazine rings is 1. The van der Waals surface area contributed by atoms with E-state index in [9.17, 15) is 9.59 Å². The number of anilines is 2. The van der Waals surface area contributed by atoms with E-state index >= 15 is 0 Å². The lowest BCUT2D eigenvalue weighted by Gasteiger charge is -2.33. The molecule has 0 bridgehead atoms. The van der Waals surface area contributed by atoms with Gasteiger partial charge in [-0.05, 0) is 55.9 Å². The van der Waals surface area contributed by atoms with Gasteiger partial charge in [-0.1, -0.05) is 29.8 Å². The van der Waals surface area contributed by atoms with Gasteiger partial charge in [0.1, 0.15) is 5.82 Å². The number of hydrogen-bond acceptors (Lipinski definition) is 4. The second-order valence-corrected chi connectivity index (χ2v) is 8.15. The third-order valence-corrected chi connectivity index (χ3v) is 6.02. The molecule has 0 atom stereocenters. The standard InChI is InChI=1S/C24H28N4O3/c1-17-6-8-18(9-7-17)20-4-2-3-5-21(20)23(29)26-19-10-11-22(25-16-19)27-12-14-28(15-13-27)24(30)31/h6-11,16H,2-5,12-15H2,1H3,(H,26,29)(H,30,31). The number of pyridine rings is 1. The molecule has 2 aromatic rings. The van der Waals surface area contributed by atoms with E-state index in [4.69, 9.17) is 5.11 Å². The van der Waals surface area contributed by atoms with Gasteiger partial charge < -0.3 is 20.2 Å². The molecule has 0 radical (unpaired) electrons. The predicted octanol–water partition coefficient (Wildman–Crippen LogP) is 4.16. The average Bonchev–Trinajstić information content (AvgIpc) is 2.80. The van der Waals surface area contributed by atoms with Gasteiger partial charge in [-0.2, -0.15) is 0 Å². The summed E-state index contributed by atoms with van der Waals surface area (Å²) in [5.74, 6) is 0.736. The molecular formula is C24H28N4O3. The number of carbonyl (C=O) groups is 2. The average molecular weight is 421 g/mol. The fourth-order valence-electron chi connectivity index (χ4n) is 4.21. The summed E-state index contributed by atoms with van der Waals surface area (Å²) in [4.78, 5) is 32.0.